The fourth-order valence-electron chi connectivity index (χ4n) is 8.71. The monoisotopic (exact) mass is 1090 g/mol. The Labute approximate surface area is 443 Å². The number of amides is 2. The van der Waals surface area contributed by atoms with E-state index in [1.165, 1.54) is 0 Å². The number of carbonyl (C=O) groups is 2. The summed E-state index contributed by atoms with van der Waals surface area (Å²) in [5.74, 6) is 2.60. The summed E-state index contributed by atoms with van der Waals surface area (Å²) in [6.45, 7) is 13.7. The summed E-state index contributed by atoms with van der Waals surface area (Å²) in [6, 6.07) is 7.63. The first-order valence-electron chi connectivity index (χ1n) is 23.0. The van der Waals surface area contributed by atoms with E-state index in [-0.39, 0.29) is 96.4 Å². The van der Waals surface area contributed by atoms with E-state index in [9.17, 15) is 19.8 Å². The topological polar surface area (TPSA) is 219 Å². The molecule has 1 unspecified atom stereocenters. The molecular weight excluding hydrogens is 1010 g/mol. The standard InChI is InChI=1S/C21H27N5O3.C13H20BNO3.C13H17BrN4O2.4CH4.ClH/c1-21(2,28)17-9-4-13(10-22-17)16-11-23-19-20(25-16)26(18(27)12-24-19)14-5-7-15(29-3)8-6-14;1-9(16)11-7-6-10(8-15-11)14-17-12(2,3)13(4,5)18-14;1-20-9-4-2-8(3-5-9)18-11(19)7-16-12-13(18)17-10(14)6-15-12;;;;;/h4,9-11,14-15,28H,5-8,12H2,1-3H3,(H,23,24);6-9,16H,1-5H3;6,8-9H,2-5,7H2,1H3,(H,15,16);4*1H4;1H/i21+2;9+2;;;;;;. The molecule has 2 aliphatic carbocycles. The lowest BCUT2D eigenvalue weighted by atomic mass is 9.80. The number of halogens is 2. The van der Waals surface area contributed by atoms with Crippen LogP contribution in [0.5, 0.6) is 0 Å². The highest BCUT2D eigenvalue weighted by Gasteiger charge is 2.52. The van der Waals surface area contributed by atoms with E-state index in [1.807, 2.05) is 49.6 Å². The number of anilines is 4. The van der Waals surface area contributed by atoms with Crippen molar-refractivity contribution < 1.29 is 38.6 Å². The molecule has 18 nitrogen and oxygen atoms in total. The molecule has 2 amide bonds. The summed E-state index contributed by atoms with van der Waals surface area (Å²) >= 11 is 3.32. The second-order valence-electron chi connectivity index (χ2n) is 19.1. The van der Waals surface area contributed by atoms with Crippen LogP contribution in [0.4, 0.5) is 23.3 Å². The first kappa shape index (κ1) is 63.7. The number of fused-ring (bicyclic) bond motifs is 2. The van der Waals surface area contributed by atoms with Crippen LogP contribution in [0.3, 0.4) is 0 Å². The third kappa shape index (κ3) is 14.7. The van der Waals surface area contributed by atoms with Crippen molar-refractivity contribution in [3.63, 3.8) is 0 Å². The molecule has 400 valence electrons. The van der Waals surface area contributed by atoms with Gasteiger partial charge in [-0.15, -0.1) is 12.4 Å². The molecule has 0 bridgehead atoms. The van der Waals surface area contributed by atoms with Crippen LogP contribution >= 0.6 is 28.3 Å². The number of carbonyl (C=O) groups excluding carboxylic acids is 2. The summed E-state index contributed by atoms with van der Waals surface area (Å²) < 4.78 is 23.3. The molecule has 72 heavy (non-hydrogen) atoms. The van der Waals surface area contributed by atoms with Crippen molar-refractivity contribution in [3.05, 3.63) is 65.0 Å². The Morgan fingerprint density at radius 3 is 1.62 bits per heavy atom. The van der Waals surface area contributed by atoms with Gasteiger partial charge >= 0.3 is 7.12 Å². The van der Waals surface area contributed by atoms with Crippen LogP contribution in [0, 0.1) is 0 Å². The average molecular weight is 1090 g/mol. The number of hydrogen-bond acceptors (Lipinski definition) is 16. The number of aliphatic hydroxyl groups is 2. The quantitative estimate of drug-likeness (QED) is 0.121. The average Bonchev–Trinajstić information content (AvgIpc) is 3.54. The number of rotatable bonds is 8. The van der Waals surface area contributed by atoms with Gasteiger partial charge in [-0.1, -0.05) is 35.8 Å². The number of ether oxygens (including phenoxy) is 2. The van der Waals surface area contributed by atoms with Crippen LogP contribution in [0.25, 0.3) is 11.3 Å². The van der Waals surface area contributed by atoms with E-state index in [1.54, 1.807) is 71.9 Å². The molecule has 0 aromatic carbocycles. The predicted octanol–water partition coefficient (Wildman–Crippen LogP) is 8.84. The molecule has 0 spiro atoms. The number of aromatic nitrogens is 6. The molecule has 4 N–H and O–H groups in total. The summed E-state index contributed by atoms with van der Waals surface area (Å²) in [4.78, 5) is 55.2. The van der Waals surface area contributed by atoms with Gasteiger partial charge in [0.15, 0.2) is 23.3 Å². The van der Waals surface area contributed by atoms with Gasteiger partial charge in [0.25, 0.3) is 0 Å². The minimum atomic E-state index is -1.01. The zero-order valence-electron chi connectivity index (χ0n) is 40.4. The van der Waals surface area contributed by atoms with Crippen LogP contribution in [-0.2, 0) is 34.0 Å². The van der Waals surface area contributed by atoms with E-state index in [0.29, 0.717) is 51.1 Å². The molecular formula is C51H81BBrClN10O8. The van der Waals surface area contributed by atoms with E-state index in [4.69, 9.17) is 23.8 Å². The molecule has 21 heteroatoms. The van der Waals surface area contributed by atoms with Crippen molar-refractivity contribution in [2.24, 2.45) is 0 Å². The van der Waals surface area contributed by atoms with E-state index in [0.717, 1.165) is 62.4 Å². The van der Waals surface area contributed by atoms with Crippen LogP contribution in [-0.4, -0.2) is 122 Å². The first-order valence-corrected chi connectivity index (χ1v) is 23.8. The minimum absolute atomic E-state index is 0. The van der Waals surface area contributed by atoms with Crippen LogP contribution in [0.2, 0.25) is 0 Å². The second kappa shape index (κ2) is 26.7. The normalized spacial score (nSPS) is 22.0. The number of pyridine rings is 2. The Morgan fingerprint density at radius 2 is 1.21 bits per heavy atom. The highest BCUT2D eigenvalue weighted by molar-refractivity contribution is 9.10. The Balaban J connectivity index is 0.000000370. The third-order valence-corrected chi connectivity index (χ3v) is 13.8. The molecule has 0 radical (unpaired) electrons. The number of methoxy groups -OCH3 is 2. The zero-order chi connectivity index (χ0) is 48.3. The molecule has 1 atom stereocenters. The van der Waals surface area contributed by atoms with Crippen molar-refractivity contribution in [1.29, 1.82) is 0 Å². The van der Waals surface area contributed by atoms with Crippen LogP contribution < -0.4 is 25.9 Å². The van der Waals surface area contributed by atoms with Crippen LogP contribution in [0.1, 0.15) is 147 Å². The Bertz CT molecular complexity index is 2330. The van der Waals surface area contributed by atoms with Gasteiger partial charge < -0.3 is 39.6 Å². The van der Waals surface area contributed by atoms with Crippen molar-refractivity contribution in [2.45, 2.75) is 177 Å². The lowest BCUT2D eigenvalue weighted by Gasteiger charge is -2.38. The maximum atomic E-state index is 12.7. The van der Waals surface area contributed by atoms with Crippen molar-refractivity contribution in [2.75, 3.05) is 47.7 Å². The van der Waals surface area contributed by atoms with Crippen LogP contribution in [0.15, 0.2) is 53.7 Å². The summed E-state index contributed by atoms with van der Waals surface area (Å²) in [6.07, 6.45) is 14.2. The van der Waals surface area contributed by atoms with Crippen molar-refractivity contribution in [1.82, 2.24) is 29.9 Å². The van der Waals surface area contributed by atoms with Gasteiger partial charge in [-0.2, -0.15) is 0 Å². The minimum Gasteiger partial charge on any atom is -0.399 e. The van der Waals surface area contributed by atoms with E-state index < -0.39 is 18.8 Å². The van der Waals surface area contributed by atoms with E-state index >= 15 is 0 Å². The molecule has 4 aromatic heterocycles. The SMILES string of the molecule is C.C.C.C.COC1CCC(N2C(=O)CNc3ncc(-c4ccc([14C](C)(C)O)nc4)nc32)CC1.COC1CCC(N2C(=O)CNc3ncc(Br)nc32)CC1.C[14CH](O)c1ccc(B2OC(C)(C)C(C)(C)O2)cn1.Cl. The van der Waals surface area contributed by atoms with Gasteiger partial charge in [-0.25, -0.2) is 19.9 Å². The Hall–Kier alpha value is -4.41. The molecule has 5 aliphatic rings. The smallest absolute Gasteiger partial charge is 0.399 e. The number of nitrogens with one attached hydrogen (secondary N) is 2. The molecule has 3 aliphatic heterocycles. The number of aliphatic hydroxyl groups excluding tert-OH is 1. The Morgan fingerprint density at radius 1 is 0.722 bits per heavy atom. The largest absolute Gasteiger partial charge is 0.496 e. The summed E-state index contributed by atoms with van der Waals surface area (Å²) in [7, 11) is 3.09. The molecule has 7 heterocycles. The fourth-order valence-corrected chi connectivity index (χ4v) is 8.98. The molecule has 1 saturated heterocycles. The summed E-state index contributed by atoms with van der Waals surface area (Å²) in [5.41, 5.74) is 1.84. The maximum absolute atomic E-state index is 12.7. The highest BCUT2D eigenvalue weighted by atomic mass is 79.9. The highest BCUT2D eigenvalue weighted by Crippen LogP contribution is 2.38. The fraction of sp³-hybridized carbons (Fsp3) is 0.608. The van der Waals surface area contributed by atoms with Gasteiger partial charge in [-0.3, -0.25) is 29.4 Å². The van der Waals surface area contributed by atoms with Gasteiger partial charge in [0.05, 0.1) is 72.1 Å². The lowest BCUT2D eigenvalue weighted by molar-refractivity contribution is -0.118. The Kier molecular flexibility index (Phi) is 23.6. The maximum Gasteiger partial charge on any atom is 0.496 e. The molecule has 9 rings (SSSR count). The van der Waals surface area contributed by atoms with E-state index in [2.05, 4.69) is 51.5 Å². The zero-order valence-corrected chi connectivity index (χ0v) is 42.8. The first-order chi connectivity index (χ1) is 31.8. The van der Waals surface area contributed by atoms with Crippen molar-refractivity contribution >= 4 is 76.0 Å². The molecule has 4 aromatic rings. The predicted molar refractivity (Wildman–Crippen MR) is 293 cm³/mol. The third-order valence-electron chi connectivity index (χ3n) is 13.4. The summed E-state index contributed by atoms with van der Waals surface area (Å²) in [5, 5.41) is 25.6. The van der Waals surface area contributed by atoms with Crippen molar-refractivity contribution in [3.8, 4) is 11.3 Å². The van der Waals surface area contributed by atoms with Gasteiger partial charge in [0, 0.05) is 49.7 Å². The van der Waals surface area contributed by atoms with Gasteiger partial charge in [0.1, 0.15) is 10.2 Å². The van der Waals surface area contributed by atoms with Gasteiger partial charge in [-0.05, 0) is 134 Å². The second-order valence-corrected chi connectivity index (χ2v) is 19.9. The molecule has 2 saturated carbocycles. The van der Waals surface area contributed by atoms with Gasteiger partial charge in [0.2, 0.25) is 11.8 Å². The number of nitrogens with zero attached hydrogens (tertiary/aromatic N) is 8. The number of hydrogen-bond donors (Lipinski definition) is 4. The molecule has 3 fully saturated rings. The lowest BCUT2D eigenvalue weighted by Crippen LogP contribution is -2.49.